The number of benzene rings is 1. The lowest BCUT2D eigenvalue weighted by molar-refractivity contribution is 0.174. The minimum atomic E-state index is -0.422. The summed E-state index contributed by atoms with van der Waals surface area (Å²) in [5, 5.41) is 0.882. The van der Waals surface area contributed by atoms with Crippen LogP contribution in [0.2, 0.25) is 0 Å². The molecule has 2 heterocycles. The van der Waals surface area contributed by atoms with E-state index < -0.39 is 6.09 Å². The summed E-state index contributed by atoms with van der Waals surface area (Å²) in [5.41, 5.74) is 2.37. The van der Waals surface area contributed by atoms with Gasteiger partial charge in [0.1, 0.15) is 6.33 Å². The Hall–Kier alpha value is -2.43. The van der Waals surface area contributed by atoms with Crippen molar-refractivity contribution >= 4 is 28.0 Å². The molecule has 17 heavy (non-hydrogen) atoms. The van der Waals surface area contributed by atoms with Crippen molar-refractivity contribution in [3.63, 3.8) is 0 Å². The maximum Gasteiger partial charge on any atom is 0.418 e. The van der Waals surface area contributed by atoms with Crippen LogP contribution in [0.15, 0.2) is 36.8 Å². The van der Waals surface area contributed by atoms with Crippen LogP contribution in [0.5, 0.6) is 0 Å². The monoisotopic (exact) mass is 227 g/mol. The van der Waals surface area contributed by atoms with Crippen LogP contribution < -0.4 is 0 Å². The molecule has 0 unspecified atom stereocenters. The van der Waals surface area contributed by atoms with Gasteiger partial charge in [0.2, 0.25) is 0 Å². The number of imidazole rings is 1. The highest BCUT2D eigenvalue weighted by Crippen LogP contribution is 2.22. The van der Waals surface area contributed by atoms with Crippen LogP contribution in [0.1, 0.15) is 0 Å². The number of hydrogen-bond donors (Lipinski definition) is 0. The first-order chi connectivity index (χ1) is 8.31. The standard InChI is InChI=1S/C12H9N3O2/c1-17-12(16)15-6-2-3-8-10(15)5-4-9-11(8)14-7-13-9/h2-7H,1H3. The molecule has 0 aliphatic carbocycles. The third-order valence-electron chi connectivity index (χ3n) is 2.69. The predicted molar refractivity (Wildman–Crippen MR) is 62.8 cm³/mol. The number of carbonyl (C=O) groups excluding carboxylic acids is 1. The van der Waals surface area contributed by atoms with Crippen molar-refractivity contribution in [3.8, 4) is 0 Å². The molecule has 3 aromatic rings. The highest BCUT2D eigenvalue weighted by Gasteiger charge is 2.09. The van der Waals surface area contributed by atoms with E-state index >= 15 is 0 Å². The van der Waals surface area contributed by atoms with Crippen LogP contribution in [0.4, 0.5) is 4.79 Å². The van der Waals surface area contributed by atoms with Crippen LogP contribution in [0, 0.1) is 0 Å². The molecule has 0 bridgehead atoms. The van der Waals surface area contributed by atoms with Gasteiger partial charge >= 0.3 is 6.09 Å². The molecule has 0 aliphatic rings. The zero-order valence-electron chi connectivity index (χ0n) is 9.12. The summed E-state index contributed by atoms with van der Waals surface area (Å²) in [7, 11) is 1.36. The van der Waals surface area contributed by atoms with Gasteiger partial charge in [0, 0.05) is 11.6 Å². The Kier molecular flexibility index (Phi) is 2.04. The second-order valence-electron chi connectivity index (χ2n) is 3.59. The fraction of sp³-hybridized carbons (Fsp3) is 0.0833. The Bertz CT molecular complexity index is 718. The number of carbonyl (C=O) groups is 1. The molecule has 0 amide bonds. The molecule has 1 aromatic carbocycles. The van der Waals surface area contributed by atoms with Crippen LogP contribution in [0.3, 0.4) is 0 Å². The van der Waals surface area contributed by atoms with Crippen molar-refractivity contribution in [2.75, 3.05) is 7.11 Å². The van der Waals surface area contributed by atoms with Gasteiger partial charge in [-0.15, -0.1) is 0 Å². The van der Waals surface area contributed by atoms with Crippen molar-refractivity contribution < 1.29 is 9.53 Å². The van der Waals surface area contributed by atoms with E-state index in [9.17, 15) is 4.79 Å². The lowest BCUT2D eigenvalue weighted by Gasteiger charge is -2.08. The van der Waals surface area contributed by atoms with Crippen molar-refractivity contribution in [2.45, 2.75) is 0 Å². The normalized spacial score (nSPS) is 10.9. The van der Waals surface area contributed by atoms with Gasteiger partial charge in [0.05, 0.1) is 23.7 Å². The number of aromatic nitrogens is 3. The van der Waals surface area contributed by atoms with Crippen LogP contribution in [-0.2, 0) is 4.74 Å². The van der Waals surface area contributed by atoms with Gasteiger partial charge in [0.15, 0.2) is 0 Å². The van der Waals surface area contributed by atoms with Crippen molar-refractivity contribution in [2.24, 2.45) is 0 Å². The molecule has 2 aromatic heterocycles. The first-order valence-corrected chi connectivity index (χ1v) is 5.10. The predicted octanol–water partition coefficient (Wildman–Crippen LogP) is 2.20. The van der Waals surface area contributed by atoms with Gasteiger partial charge in [-0.3, -0.25) is 4.57 Å². The first kappa shape index (κ1) is 9.77. The van der Waals surface area contributed by atoms with Gasteiger partial charge in [-0.1, -0.05) is 0 Å². The van der Waals surface area contributed by atoms with Crippen LogP contribution in [0.25, 0.3) is 21.9 Å². The molecule has 5 nitrogen and oxygen atoms in total. The van der Waals surface area contributed by atoms with E-state index in [1.165, 1.54) is 18.0 Å². The molecule has 0 aliphatic heterocycles. The Labute approximate surface area is 96.7 Å². The number of pyridine rings is 1. The van der Waals surface area contributed by atoms with Crippen molar-refractivity contribution in [1.82, 2.24) is 14.5 Å². The molecule has 0 atom stereocenters. The van der Waals surface area contributed by atoms with Crippen molar-refractivity contribution in [3.05, 3.63) is 36.8 Å². The van der Waals surface area contributed by atoms with Crippen molar-refractivity contribution in [1.29, 1.82) is 0 Å². The number of hydrogen-bond acceptors (Lipinski definition) is 4. The molecule has 0 saturated carbocycles. The van der Waals surface area contributed by atoms with Gasteiger partial charge in [0.25, 0.3) is 0 Å². The van der Waals surface area contributed by atoms with Crippen LogP contribution in [-0.4, -0.2) is 27.7 Å². The number of fused-ring (bicyclic) bond motifs is 3. The zero-order valence-corrected chi connectivity index (χ0v) is 9.12. The average Bonchev–Trinajstić information content (AvgIpc) is 2.85. The molecule has 0 saturated heterocycles. The lowest BCUT2D eigenvalue weighted by atomic mass is 10.2. The van der Waals surface area contributed by atoms with E-state index in [-0.39, 0.29) is 0 Å². The molecule has 3 rings (SSSR count). The quantitative estimate of drug-likeness (QED) is 0.590. The van der Waals surface area contributed by atoms with E-state index in [1.807, 2.05) is 18.2 Å². The SMILES string of the molecule is COC(=O)n1cccc2c3ncnc3ccc21. The minimum Gasteiger partial charge on any atom is -0.452 e. The Morgan fingerprint density at radius 1 is 1.29 bits per heavy atom. The number of nitrogens with zero attached hydrogens (tertiary/aromatic N) is 3. The van der Waals surface area contributed by atoms with E-state index in [0.717, 1.165) is 21.9 Å². The van der Waals surface area contributed by atoms with Crippen LogP contribution >= 0.6 is 0 Å². The van der Waals surface area contributed by atoms with E-state index in [2.05, 4.69) is 9.97 Å². The molecule has 5 heteroatoms. The highest BCUT2D eigenvalue weighted by atomic mass is 16.5. The second-order valence-corrected chi connectivity index (χ2v) is 3.59. The third-order valence-corrected chi connectivity index (χ3v) is 2.69. The Morgan fingerprint density at radius 3 is 3.00 bits per heavy atom. The Balaban J connectivity index is 2.43. The van der Waals surface area contributed by atoms with Gasteiger partial charge in [-0.25, -0.2) is 14.8 Å². The summed E-state index contributed by atoms with van der Waals surface area (Å²) in [5.74, 6) is 0. The number of ether oxygens (including phenoxy) is 1. The Morgan fingerprint density at radius 2 is 2.18 bits per heavy atom. The minimum absolute atomic E-state index is 0.422. The summed E-state index contributed by atoms with van der Waals surface area (Å²) < 4.78 is 6.17. The topological polar surface area (TPSA) is 57.0 Å². The first-order valence-electron chi connectivity index (χ1n) is 5.10. The van der Waals surface area contributed by atoms with E-state index in [4.69, 9.17) is 4.74 Å². The molecule has 84 valence electrons. The molecule has 0 radical (unpaired) electrons. The lowest BCUT2D eigenvalue weighted by Crippen LogP contribution is -2.11. The fourth-order valence-electron chi connectivity index (χ4n) is 1.91. The summed E-state index contributed by atoms with van der Waals surface area (Å²) in [4.78, 5) is 19.9. The summed E-state index contributed by atoms with van der Waals surface area (Å²) >= 11 is 0. The third kappa shape index (κ3) is 1.36. The molecular weight excluding hydrogens is 218 g/mol. The summed E-state index contributed by atoms with van der Waals surface area (Å²) in [6.45, 7) is 0. The number of methoxy groups -OCH3 is 1. The smallest absolute Gasteiger partial charge is 0.418 e. The fourth-order valence-corrected chi connectivity index (χ4v) is 1.91. The molecule has 0 fully saturated rings. The van der Waals surface area contributed by atoms with E-state index in [1.54, 1.807) is 12.3 Å². The molecule has 0 spiro atoms. The number of rotatable bonds is 0. The molecular formula is C12H9N3O2. The van der Waals surface area contributed by atoms with E-state index in [0.29, 0.717) is 0 Å². The average molecular weight is 227 g/mol. The highest BCUT2D eigenvalue weighted by molar-refractivity contribution is 6.04. The molecule has 0 N–H and O–H groups in total. The maximum atomic E-state index is 11.6. The zero-order chi connectivity index (χ0) is 11.8. The van der Waals surface area contributed by atoms with Gasteiger partial charge in [-0.2, -0.15) is 0 Å². The summed E-state index contributed by atoms with van der Waals surface area (Å²) in [6.07, 6.45) is 2.75. The maximum absolute atomic E-state index is 11.6. The van der Waals surface area contributed by atoms with Gasteiger partial charge < -0.3 is 4.74 Å². The largest absolute Gasteiger partial charge is 0.452 e. The van der Waals surface area contributed by atoms with Gasteiger partial charge in [-0.05, 0) is 24.3 Å². The second kappa shape index (κ2) is 3.55. The summed E-state index contributed by atoms with van der Waals surface area (Å²) in [6, 6.07) is 7.37.